The van der Waals surface area contributed by atoms with Crippen LogP contribution in [0, 0.1) is 0 Å². The van der Waals surface area contributed by atoms with E-state index in [1.54, 1.807) is 33.0 Å². The quantitative estimate of drug-likeness (QED) is 0.222. The largest absolute Gasteiger partial charge is 0.461 e. The van der Waals surface area contributed by atoms with Crippen molar-refractivity contribution in [1.29, 1.82) is 0 Å². The number of carbonyl (C=O) groups excluding carboxylic acids is 1. The first-order chi connectivity index (χ1) is 11.5. The van der Waals surface area contributed by atoms with Crippen LogP contribution in [0.15, 0.2) is 35.4 Å². The van der Waals surface area contributed by atoms with Gasteiger partial charge in [0, 0.05) is 12.4 Å². The van der Waals surface area contributed by atoms with Crippen molar-refractivity contribution in [3.8, 4) is 0 Å². The number of alkyl halides is 1. The Balaban J connectivity index is 3.22. The van der Waals surface area contributed by atoms with Crippen LogP contribution in [-0.2, 0) is 18.6 Å². The SMILES string of the molecule is CCOC(=O)C(=NNc1ccccc1)P(=O)(OCC)N(C)CCCl. The second-order valence-corrected chi connectivity index (χ2v) is 7.43. The van der Waals surface area contributed by atoms with Crippen molar-refractivity contribution in [3.05, 3.63) is 30.3 Å². The zero-order valence-electron chi connectivity index (χ0n) is 14.1. The Morgan fingerprint density at radius 2 is 1.96 bits per heavy atom. The molecule has 0 saturated heterocycles. The van der Waals surface area contributed by atoms with Crippen LogP contribution in [0.4, 0.5) is 5.69 Å². The third-order valence-electron chi connectivity index (χ3n) is 2.95. The van der Waals surface area contributed by atoms with Crippen molar-refractivity contribution in [2.24, 2.45) is 5.10 Å². The van der Waals surface area contributed by atoms with Gasteiger partial charge in [0.05, 0.1) is 18.9 Å². The third-order valence-corrected chi connectivity index (χ3v) is 5.65. The van der Waals surface area contributed by atoms with Crippen molar-refractivity contribution in [1.82, 2.24) is 4.67 Å². The van der Waals surface area contributed by atoms with Crippen molar-refractivity contribution in [2.75, 3.05) is 38.1 Å². The van der Waals surface area contributed by atoms with Gasteiger partial charge in [0.25, 0.3) is 0 Å². The van der Waals surface area contributed by atoms with Crippen LogP contribution in [0.1, 0.15) is 13.8 Å². The molecule has 7 nitrogen and oxygen atoms in total. The molecule has 0 spiro atoms. The van der Waals surface area contributed by atoms with E-state index in [1.165, 1.54) is 4.67 Å². The zero-order valence-corrected chi connectivity index (χ0v) is 15.7. The van der Waals surface area contributed by atoms with Crippen LogP contribution in [0.3, 0.4) is 0 Å². The van der Waals surface area contributed by atoms with Gasteiger partial charge in [-0.2, -0.15) is 5.10 Å². The molecule has 1 atom stereocenters. The average Bonchev–Trinajstić information content (AvgIpc) is 2.56. The number of rotatable bonds is 10. The molecule has 0 bridgehead atoms. The molecule has 0 fully saturated rings. The van der Waals surface area contributed by atoms with Gasteiger partial charge in [-0.25, -0.2) is 9.46 Å². The summed E-state index contributed by atoms with van der Waals surface area (Å²) in [5.74, 6) is -0.561. The number of anilines is 1. The maximum Gasteiger partial charge on any atom is 0.366 e. The number of esters is 1. The maximum absolute atomic E-state index is 13.3. The molecule has 1 aromatic carbocycles. The van der Waals surface area contributed by atoms with E-state index in [9.17, 15) is 9.36 Å². The van der Waals surface area contributed by atoms with E-state index in [1.807, 2.05) is 18.2 Å². The molecule has 0 heterocycles. The Morgan fingerprint density at radius 1 is 1.29 bits per heavy atom. The molecule has 0 radical (unpaired) electrons. The van der Waals surface area contributed by atoms with Gasteiger partial charge in [0.2, 0.25) is 5.45 Å². The summed E-state index contributed by atoms with van der Waals surface area (Å²) in [4.78, 5) is 12.3. The first-order valence-electron chi connectivity index (χ1n) is 7.58. The molecule has 0 aliphatic heterocycles. The lowest BCUT2D eigenvalue weighted by Crippen LogP contribution is -2.30. The summed E-state index contributed by atoms with van der Waals surface area (Å²) in [5, 5.41) is 4.03. The van der Waals surface area contributed by atoms with Crippen LogP contribution < -0.4 is 5.43 Å². The maximum atomic E-state index is 13.3. The molecule has 0 amide bonds. The minimum absolute atomic E-state index is 0.133. The van der Waals surface area contributed by atoms with Crippen molar-refractivity contribution < 1.29 is 18.6 Å². The van der Waals surface area contributed by atoms with Crippen molar-refractivity contribution in [3.63, 3.8) is 0 Å². The number of nitrogens with zero attached hydrogens (tertiary/aromatic N) is 2. The van der Waals surface area contributed by atoms with Crippen LogP contribution in [0.5, 0.6) is 0 Å². The van der Waals surface area contributed by atoms with Crippen LogP contribution >= 0.6 is 19.1 Å². The first kappa shape index (κ1) is 20.6. The van der Waals surface area contributed by atoms with Crippen LogP contribution in [0.2, 0.25) is 0 Å². The normalized spacial score (nSPS) is 14.3. The number of ether oxygens (including phenoxy) is 1. The predicted molar refractivity (Wildman–Crippen MR) is 96.7 cm³/mol. The number of nitrogens with one attached hydrogen (secondary N) is 1. The molecular formula is C15H23ClN3O4P. The van der Waals surface area contributed by atoms with Gasteiger partial charge < -0.3 is 9.26 Å². The van der Waals surface area contributed by atoms with E-state index in [4.69, 9.17) is 20.9 Å². The van der Waals surface area contributed by atoms with E-state index in [0.717, 1.165) is 0 Å². The molecule has 9 heteroatoms. The fourth-order valence-electron chi connectivity index (χ4n) is 1.80. The van der Waals surface area contributed by atoms with Gasteiger partial charge in [-0.1, -0.05) is 18.2 Å². The van der Waals surface area contributed by atoms with Crippen LogP contribution in [0.25, 0.3) is 0 Å². The van der Waals surface area contributed by atoms with Crippen molar-refractivity contribution in [2.45, 2.75) is 13.8 Å². The Bertz CT molecular complexity index is 598. The summed E-state index contributed by atoms with van der Waals surface area (Å²) in [6.45, 7) is 3.90. The van der Waals surface area contributed by atoms with E-state index in [-0.39, 0.29) is 31.1 Å². The minimum atomic E-state index is -3.70. The molecular weight excluding hydrogens is 353 g/mol. The molecule has 0 aliphatic rings. The Kier molecular flexibility index (Phi) is 9.00. The topological polar surface area (TPSA) is 80.2 Å². The molecule has 1 unspecified atom stereocenters. The summed E-state index contributed by atoms with van der Waals surface area (Å²) in [6.07, 6.45) is 0. The fourth-order valence-corrected chi connectivity index (χ4v) is 4.00. The fraction of sp³-hybridized carbons (Fsp3) is 0.467. The van der Waals surface area contributed by atoms with Crippen molar-refractivity contribution >= 4 is 36.2 Å². The molecule has 24 heavy (non-hydrogen) atoms. The highest BCUT2D eigenvalue weighted by atomic mass is 35.5. The van der Waals surface area contributed by atoms with Gasteiger partial charge in [0.15, 0.2) is 0 Å². The molecule has 0 aliphatic carbocycles. The molecule has 134 valence electrons. The van der Waals surface area contributed by atoms with Gasteiger partial charge in [-0.05, 0) is 33.0 Å². The van der Waals surface area contributed by atoms with Gasteiger partial charge >= 0.3 is 13.5 Å². The highest BCUT2D eigenvalue weighted by Crippen LogP contribution is 2.51. The lowest BCUT2D eigenvalue weighted by atomic mass is 10.3. The lowest BCUT2D eigenvalue weighted by molar-refractivity contribution is -0.134. The summed E-state index contributed by atoms with van der Waals surface area (Å²) in [7, 11) is -2.13. The van der Waals surface area contributed by atoms with Gasteiger partial charge in [-0.3, -0.25) is 9.99 Å². The molecule has 1 N–H and O–H groups in total. The lowest BCUT2D eigenvalue weighted by Gasteiger charge is -2.26. The smallest absolute Gasteiger partial charge is 0.366 e. The number of carbonyl (C=O) groups is 1. The number of halogens is 1. The number of hydrogen-bond acceptors (Lipinski definition) is 6. The molecule has 0 saturated carbocycles. The minimum Gasteiger partial charge on any atom is -0.461 e. The zero-order chi connectivity index (χ0) is 18.0. The molecule has 0 aromatic heterocycles. The molecule has 1 rings (SSSR count). The number of hydrazone groups is 1. The molecule has 1 aromatic rings. The monoisotopic (exact) mass is 375 g/mol. The summed E-state index contributed by atoms with van der Waals surface area (Å²) in [5.41, 5.74) is 3.06. The Labute approximate surface area is 147 Å². The summed E-state index contributed by atoms with van der Waals surface area (Å²) >= 11 is 5.73. The average molecular weight is 376 g/mol. The Morgan fingerprint density at radius 3 is 2.50 bits per heavy atom. The summed E-state index contributed by atoms with van der Waals surface area (Å²) < 4.78 is 25.1. The second-order valence-electron chi connectivity index (χ2n) is 4.64. The number of benzene rings is 1. The van der Waals surface area contributed by atoms with E-state index >= 15 is 0 Å². The third kappa shape index (κ3) is 5.60. The van der Waals surface area contributed by atoms with E-state index < -0.39 is 13.5 Å². The first-order valence-corrected chi connectivity index (χ1v) is 9.69. The Hall–Kier alpha value is -1.40. The predicted octanol–water partition coefficient (Wildman–Crippen LogP) is 3.38. The highest BCUT2D eigenvalue weighted by Gasteiger charge is 2.41. The van der Waals surface area contributed by atoms with E-state index in [2.05, 4.69) is 10.5 Å². The standard InChI is InChI=1S/C15H23ClN3O4P/c1-4-22-15(20)14(18-17-13-9-7-6-8-10-13)24(21,23-5-2)19(3)12-11-16/h6-10,17H,4-5,11-12H2,1-3H3. The van der Waals surface area contributed by atoms with Crippen LogP contribution in [-0.4, -0.2) is 48.8 Å². The highest BCUT2D eigenvalue weighted by molar-refractivity contribution is 7.77. The number of para-hydroxylation sites is 1. The van der Waals surface area contributed by atoms with Gasteiger partial charge in [0.1, 0.15) is 0 Å². The second kappa shape index (κ2) is 10.5. The summed E-state index contributed by atoms with van der Waals surface area (Å²) in [6, 6.07) is 8.99. The van der Waals surface area contributed by atoms with Gasteiger partial charge in [-0.15, -0.1) is 11.6 Å². The van der Waals surface area contributed by atoms with E-state index in [0.29, 0.717) is 5.69 Å². The number of hydrogen-bond donors (Lipinski definition) is 1.